The molecule has 21 heavy (non-hydrogen) atoms. The normalized spacial score (nSPS) is 20.9. The van der Waals surface area contributed by atoms with Crippen LogP contribution in [0.4, 0.5) is 0 Å². The van der Waals surface area contributed by atoms with E-state index in [-0.39, 0.29) is 0 Å². The molecule has 4 nitrogen and oxygen atoms in total. The number of methoxy groups -OCH3 is 1. The standard InChI is InChI=1S/C17H28N2O2/c1-13(2)19-9-8-14(12-19)10-18-11-17(20)15-4-6-16(21-3)7-5-15/h4-7,13-14,17-18,20H,8-12H2,1-3H3. The fourth-order valence-electron chi connectivity index (χ4n) is 2.87. The molecule has 4 heteroatoms. The molecule has 0 spiro atoms. The smallest absolute Gasteiger partial charge is 0.118 e. The van der Waals surface area contributed by atoms with Crippen molar-refractivity contribution in [2.24, 2.45) is 5.92 Å². The summed E-state index contributed by atoms with van der Waals surface area (Å²) in [5.74, 6) is 1.52. The molecule has 0 amide bonds. The number of aliphatic hydroxyl groups is 1. The summed E-state index contributed by atoms with van der Waals surface area (Å²) in [6.07, 6.45) is 0.794. The molecule has 1 heterocycles. The molecule has 2 atom stereocenters. The summed E-state index contributed by atoms with van der Waals surface area (Å²) in [5, 5.41) is 13.6. The van der Waals surface area contributed by atoms with E-state index in [1.807, 2.05) is 24.3 Å². The van der Waals surface area contributed by atoms with Crippen molar-refractivity contribution in [1.29, 1.82) is 0 Å². The van der Waals surface area contributed by atoms with Crippen molar-refractivity contribution in [3.63, 3.8) is 0 Å². The Morgan fingerprint density at radius 1 is 1.33 bits per heavy atom. The second kappa shape index (κ2) is 7.78. The Balaban J connectivity index is 1.70. The third kappa shape index (κ3) is 4.70. The number of ether oxygens (including phenoxy) is 1. The van der Waals surface area contributed by atoms with E-state index >= 15 is 0 Å². The molecule has 0 saturated carbocycles. The Kier molecular flexibility index (Phi) is 6.03. The summed E-state index contributed by atoms with van der Waals surface area (Å²) >= 11 is 0. The Morgan fingerprint density at radius 3 is 2.62 bits per heavy atom. The van der Waals surface area contributed by atoms with Crippen LogP contribution < -0.4 is 10.1 Å². The van der Waals surface area contributed by atoms with Gasteiger partial charge in [0.2, 0.25) is 0 Å². The van der Waals surface area contributed by atoms with Gasteiger partial charge >= 0.3 is 0 Å². The molecular weight excluding hydrogens is 264 g/mol. The first-order valence-corrected chi connectivity index (χ1v) is 7.87. The zero-order valence-electron chi connectivity index (χ0n) is 13.4. The number of hydrogen-bond acceptors (Lipinski definition) is 4. The quantitative estimate of drug-likeness (QED) is 0.807. The lowest BCUT2D eigenvalue weighted by Gasteiger charge is -2.20. The molecule has 1 aromatic rings. The van der Waals surface area contributed by atoms with Crippen molar-refractivity contribution in [3.8, 4) is 5.75 Å². The SMILES string of the molecule is COc1ccc(C(O)CNCC2CCN(C(C)C)C2)cc1. The van der Waals surface area contributed by atoms with Crippen LogP contribution in [0.1, 0.15) is 31.9 Å². The molecule has 1 aliphatic rings. The van der Waals surface area contributed by atoms with E-state index in [2.05, 4.69) is 24.1 Å². The van der Waals surface area contributed by atoms with Crippen molar-refractivity contribution in [1.82, 2.24) is 10.2 Å². The van der Waals surface area contributed by atoms with Crippen LogP contribution in [0.25, 0.3) is 0 Å². The molecule has 2 unspecified atom stereocenters. The van der Waals surface area contributed by atoms with Crippen LogP contribution in [0.2, 0.25) is 0 Å². The van der Waals surface area contributed by atoms with Gasteiger partial charge < -0.3 is 20.1 Å². The lowest BCUT2D eigenvalue weighted by Crippen LogP contribution is -2.32. The van der Waals surface area contributed by atoms with Gasteiger partial charge in [-0.25, -0.2) is 0 Å². The molecule has 0 aromatic heterocycles. The van der Waals surface area contributed by atoms with E-state index in [9.17, 15) is 5.11 Å². The predicted molar refractivity (Wildman–Crippen MR) is 85.6 cm³/mol. The second-order valence-corrected chi connectivity index (χ2v) is 6.19. The molecule has 1 saturated heterocycles. The monoisotopic (exact) mass is 292 g/mol. The molecule has 1 fully saturated rings. The first-order chi connectivity index (χ1) is 10.1. The third-order valence-electron chi connectivity index (χ3n) is 4.32. The summed E-state index contributed by atoms with van der Waals surface area (Å²) in [7, 11) is 1.65. The van der Waals surface area contributed by atoms with Crippen LogP contribution in [0.5, 0.6) is 5.75 Å². The highest BCUT2D eigenvalue weighted by molar-refractivity contribution is 5.28. The minimum Gasteiger partial charge on any atom is -0.497 e. The molecular formula is C17H28N2O2. The maximum Gasteiger partial charge on any atom is 0.118 e. The van der Waals surface area contributed by atoms with Crippen LogP contribution in [0.15, 0.2) is 24.3 Å². The minimum atomic E-state index is -0.460. The van der Waals surface area contributed by atoms with E-state index < -0.39 is 6.10 Å². The van der Waals surface area contributed by atoms with E-state index in [4.69, 9.17) is 4.74 Å². The molecule has 2 rings (SSSR count). The topological polar surface area (TPSA) is 44.7 Å². The van der Waals surface area contributed by atoms with Gasteiger partial charge in [0.1, 0.15) is 5.75 Å². The molecule has 0 radical (unpaired) electrons. The molecule has 0 aliphatic carbocycles. The van der Waals surface area contributed by atoms with Gasteiger partial charge in [-0.05, 0) is 57.0 Å². The molecule has 0 bridgehead atoms. The number of benzene rings is 1. The van der Waals surface area contributed by atoms with E-state index in [1.165, 1.54) is 19.5 Å². The van der Waals surface area contributed by atoms with Crippen molar-refractivity contribution >= 4 is 0 Å². The van der Waals surface area contributed by atoms with Gasteiger partial charge in [0.25, 0.3) is 0 Å². The van der Waals surface area contributed by atoms with Crippen LogP contribution in [-0.2, 0) is 0 Å². The van der Waals surface area contributed by atoms with Gasteiger partial charge in [-0.15, -0.1) is 0 Å². The fourth-order valence-corrected chi connectivity index (χ4v) is 2.87. The van der Waals surface area contributed by atoms with Crippen LogP contribution in [0.3, 0.4) is 0 Å². The number of rotatable bonds is 7. The van der Waals surface area contributed by atoms with Gasteiger partial charge in [0.05, 0.1) is 13.2 Å². The maximum atomic E-state index is 10.2. The van der Waals surface area contributed by atoms with Crippen LogP contribution >= 0.6 is 0 Å². The van der Waals surface area contributed by atoms with Gasteiger partial charge in [-0.2, -0.15) is 0 Å². The molecule has 1 aromatic carbocycles. The number of nitrogens with zero attached hydrogens (tertiary/aromatic N) is 1. The average Bonchev–Trinajstić information content (AvgIpc) is 2.96. The Morgan fingerprint density at radius 2 is 2.05 bits per heavy atom. The minimum absolute atomic E-state index is 0.460. The Labute approximate surface area is 128 Å². The fraction of sp³-hybridized carbons (Fsp3) is 0.647. The van der Waals surface area contributed by atoms with Gasteiger partial charge in [0, 0.05) is 19.1 Å². The average molecular weight is 292 g/mol. The highest BCUT2D eigenvalue weighted by Gasteiger charge is 2.23. The molecule has 118 valence electrons. The number of nitrogens with one attached hydrogen (secondary N) is 1. The van der Waals surface area contributed by atoms with E-state index in [0.29, 0.717) is 18.5 Å². The van der Waals surface area contributed by atoms with Crippen LogP contribution in [0, 0.1) is 5.92 Å². The Hall–Kier alpha value is -1.10. The Bertz CT molecular complexity index is 419. The summed E-state index contributed by atoms with van der Waals surface area (Å²) in [5.41, 5.74) is 0.929. The largest absolute Gasteiger partial charge is 0.497 e. The summed E-state index contributed by atoms with van der Waals surface area (Å²) < 4.78 is 5.12. The van der Waals surface area contributed by atoms with Crippen molar-refractivity contribution in [2.75, 3.05) is 33.3 Å². The maximum absolute atomic E-state index is 10.2. The zero-order valence-corrected chi connectivity index (χ0v) is 13.4. The zero-order chi connectivity index (χ0) is 15.2. The number of aliphatic hydroxyl groups excluding tert-OH is 1. The summed E-state index contributed by atoms with van der Waals surface area (Å²) in [4.78, 5) is 2.52. The second-order valence-electron chi connectivity index (χ2n) is 6.19. The van der Waals surface area contributed by atoms with Gasteiger partial charge in [-0.1, -0.05) is 12.1 Å². The lowest BCUT2D eigenvalue weighted by molar-refractivity contribution is 0.172. The predicted octanol–water partition coefficient (Wildman–Crippen LogP) is 2.05. The number of likely N-dealkylation sites (tertiary alicyclic amines) is 1. The van der Waals surface area contributed by atoms with E-state index in [0.717, 1.165) is 17.9 Å². The highest BCUT2D eigenvalue weighted by Crippen LogP contribution is 2.19. The first-order valence-electron chi connectivity index (χ1n) is 7.87. The summed E-state index contributed by atoms with van der Waals surface area (Å²) in [6.45, 7) is 8.46. The van der Waals surface area contributed by atoms with Crippen molar-refractivity contribution in [3.05, 3.63) is 29.8 Å². The van der Waals surface area contributed by atoms with E-state index in [1.54, 1.807) is 7.11 Å². The first kappa shape index (κ1) is 16.3. The van der Waals surface area contributed by atoms with Crippen molar-refractivity contribution in [2.45, 2.75) is 32.4 Å². The third-order valence-corrected chi connectivity index (χ3v) is 4.32. The molecule has 2 N–H and O–H groups in total. The van der Waals surface area contributed by atoms with Crippen LogP contribution in [-0.4, -0.2) is 49.3 Å². The summed E-state index contributed by atoms with van der Waals surface area (Å²) in [6, 6.07) is 8.24. The van der Waals surface area contributed by atoms with Crippen molar-refractivity contribution < 1.29 is 9.84 Å². The van der Waals surface area contributed by atoms with Gasteiger partial charge in [-0.3, -0.25) is 0 Å². The molecule has 1 aliphatic heterocycles. The number of hydrogen-bond donors (Lipinski definition) is 2. The van der Waals surface area contributed by atoms with Gasteiger partial charge in [0.15, 0.2) is 0 Å². The lowest BCUT2D eigenvalue weighted by atomic mass is 10.1. The highest BCUT2D eigenvalue weighted by atomic mass is 16.5.